The zero-order valence-corrected chi connectivity index (χ0v) is 11.0. The predicted octanol–water partition coefficient (Wildman–Crippen LogP) is 2.92. The summed E-state index contributed by atoms with van der Waals surface area (Å²) in [7, 11) is 1.60. The minimum absolute atomic E-state index is 0.0653. The van der Waals surface area contributed by atoms with E-state index in [0.717, 1.165) is 18.4 Å². The molecule has 1 aliphatic carbocycles. The lowest BCUT2D eigenvalue weighted by Gasteiger charge is -2.34. The molecular weight excluding hydrogens is 231 g/mol. The van der Waals surface area contributed by atoms with Crippen molar-refractivity contribution in [1.29, 1.82) is 0 Å². The number of hydrogen-bond acceptors (Lipinski definition) is 3. The number of ether oxygens (including phenoxy) is 1. The van der Waals surface area contributed by atoms with E-state index in [9.17, 15) is 4.39 Å². The first-order valence-corrected chi connectivity index (χ1v) is 6.40. The highest BCUT2D eigenvalue weighted by molar-refractivity contribution is 5.37. The maximum atomic E-state index is 13.5. The molecule has 1 fully saturated rings. The van der Waals surface area contributed by atoms with E-state index in [4.69, 9.17) is 10.6 Å². The highest BCUT2D eigenvalue weighted by Gasteiger charge is 2.38. The summed E-state index contributed by atoms with van der Waals surface area (Å²) in [5.41, 5.74) is 3.73. The maximum absolute atomic E-state index is 13.5. The van der Waals surface area contributed by atoms with Gasteiger partial charge in [0.15, 0.2) is 0 Å². The molecular formula is C14H21FN2O. The van der Waals surface area contributed by atoms with Gasteiger partial charge in [-0.1, -0.05) is 19.8 Å². The lowest BCUT2D eigenvalue weighted by atomic mass is 9.77. The number of methoxy groups -OCH3 is 1. The molecule has 0 radical (unpaired) electrons. The van der Waals surface area contributed by atoms with Gasteiger partial charge in [-0.25, -0.2) is 4.39 Å². The average molecular weight is 252 g/mol. The number of benzene rings is 1. The van der Waals surface area contributed by atoms with Crippen LogP contribution in [0.3, 0.4) is 0 Å². The second kappa shape index (κ2) is 5.24. The molecule has 3 nitrogen and oxygen atoms in total. The first-order chi connectivity index (χ1) is 8.60. The SMILES string of the molecule is COc1ccc(F)cc1C(NN)C1(C)CCCC1. The number of nitrogens with one attached hydrogen (secondary N) is 1. The average Bonchev–Trinajstić information content (AvgIpc) is 2.78. The highest BCUT2D eigenvalue weighted by Crippen LogP contribution is 2.48. The molecule has 2 rings (SSSR count). The molecule has 1 unspecified atom stereocenters. The molecule has 3 N–H and O–H groups in total. The molecule has 100 valence electrons. The second-order valence-electron chi connectivity index (χ2n) is 5.35. The molecule has 4 heteroatoms. The van der Waals surface area contributed by atoms with Gasteiger partial charge in [0.2, 0.25) is 0 Å². The van der Waals surface area contributed by atoms with Gasteiger partial charge in [-0.05, 0) is 36.5 Å². The van der Waals surface area contributed by atoms with Crippen molar-refractivity contribution in [1.82, 2.24) is 5.43 Å². The van der Waals surface area contributed by atoms with Crippen LogP contribution in [0.2, 0.25) is 0 Å². The van der Waals surface area contributed by atoms with Crippen LogP contribution in [0, 0.1) is 11.2 Å². The molecule has 0 bridgehead atoms. The van der Waals surface area contributed by atoms with Gasteiger partial charge in [-0.2, -0.15) is 0 Å². The molecule has 0 amide bonds. The highest BCUT2D eigenvalue weighted by atomic mass is 19.1. The fraction of sp³-hybridized carbons (Fsp3) is 0.571. The Morgan fingerprint density at radius 2 is 2.06 bits per heavy atom. The minimum Gasteiger partial charge on any atom is -0.496 e. The van der Waals surface area contributed by atoms with Gasteiger partial charge in [0.1, 0.15) is 11.6 Å². The smallest absolute Gasteiger partial charge is 0.123 e. The van der Waals surface area contributed by atoms with E-state index in [1.807, 2.05) is 0 Å². The Labute approximate surface area is 107 Å². The van der Waals surface area contributed by atoms with Gasteiger partial charge in [0.05, 0.1) is 13.2 Å². The van der Waals surface area contributed by atoms with Crippen LogP contribution in [-0.2, 0) is 0 Å². The lowest BCUT2D eigenvalue weighted by molar-refractivity contribution is 0.219. The summed E-state index contributed by atoms with van der Waals surface area (Å²) in [4.78, 5) is 0. The van der Waals surface area contributed by atoms with E-state index in [1.54, 1.807) is 13.2 Å². The van der Waals surface area contributed by atoms with Crippen LogP contribution in [0.25, 0.3) is 0 Å². The number of nitrogens with two attached hydrogens (primary N) is 1. The molecule has 1 atom stereocenters. The Balaban J connectivity index is 2.40. The van der Waals surface area contributed by atoms with Crippen molar-refractivity contribution >= 4 is 0 Å². The Bertz CT molecular complexity index is 416. The summed E-state index contributed by atoms with van der Waals surface area (Å²) in [5.74, 6) is 6.15. The molecule has 0 spiro atoms. The largest absolute Gasteiger partial charge is 0.496 e. The lowest BCUT2D eigenvalue weighted by Crippen LogP contribution is -2.38. The fourth-order valence-electron chi connectivity index (χ4n) is 3.07. The minimum atomic E-state index is -0.257. The number of rotatable bonds is 4. The van der Waals surface area contributed by atoms with E-state index in [0.29, 0.717) is 5.75 Å². The van der Waals surface area contributed by atoms with Gasteiger partial charge in [-0.3, -0.25) is 11.3 Å². The van der Waals surface area contributed by atoms with E-state index in [1.165, 1.54) is 25.0 Å². The normalized spacial score (nSPS) is 19.8. The standard InChI is InChI=1S/C14H21FN2O/c1-14(7-3-4-8-14)13(17-16)11-9-10(15)5-6-12(11)18-2/h5-6,9,13,17H,3-4,7-8,16H2,1-2H3. The molecule has 1 aromatic rings. The van der Waals surface area contributed by atoms with Crippen molar-refractivity contribution in [3.63, 3.8) is 0 Å². The topological polar surface area (TPSA) is 47.3 Å². The molecule has 0 heterocycles. The molecule has 1 aliphatic rings. The first kappa shape index (κ1) is 13.3. The molecule has 1 aromatic carbocycles. The van der Waals surface area contributed by atoms with Crippen molar-refractivity contribution in [2.75, 3.05) is 7.11 Å². The van der Waals surface area contributed by atoms with Crippen LogP contribution in [0.15, 0.2) is 18.2 Å². The maximum Gasteiger partial charge on any atom is 0.123 e. The van der Waals surface area contributed by atoms with E-state index in [-0.39, 0.29) is 17.3 Å². The van der Waals surface area contributed by atoms with Gasteiger partial charge < -0.3 is 4.74 Å². The van der Waals surface area contributed by atoms with Crippen molar-refractivity contribution in [2.24, 2.45) is 11.3 Å². The Morgan fingerprint density at radius 1 is 1.39 bits per heavy atom. The summed E-state index contributed by atoms with van der Waals surface area (Å²) in [5, 5.41) is 0. The Kier molecular flexibility index (Phi) is 3.88. The van der Waals surface area contributed by atoms with Crippen molar-refractivity contribution in [3.05, 3.63) is 29.6 Å². The van der Waals surface area contributed by atoms with Crippen molar-refractivity contribution in [2.45, 2.75) is 38.6 Å². The van der Waals surface area contributed by atoms with Crippen LogP contribution in [0.5, 0.6) is 5.75 Å². The van der Waals surface area contributed by atoms with Gasteiger partial charge in [0.25, 0.3) is 0 Å². The van der Waals surface area contributed by atoms with Crippen LogP contribution in [0.4, 0.5) is 4.39 Å². The Hall–Kier alpha value is -1.13. The number of hydrogen-bond donors (Lipinski definition) is 2. The Morgan fingerprint density at radius 3 is 2.61 bits per heavy atom. The zero-order chi connectivity index (χ0) is 13.2. The van der Waals surface area contributed by atoms with Crippen LogP contribution in [0.1, 0.15) is 44.2 Å². The molecule has 0 aromatic heterocycles. The summed E-state index contributed by atoms with van der Waals surface area (Å²) in [6, 6.07) is 4.51. The summed E-state index contributed by atoms with van der Waals surface area (Å²) in [6.45, 7) is 2.20. The van der Waals surface area contributed by atoms with Gasteiger partial charge in [0, 0.05) is 5.56 Å². The third-order valence-corrected chi connectivity index (χ3v) is 4.11. The third kappa shape index (κ3) is 2.35. The third-order valence-electron chi connectivity index (χ3n) is 4.11. The predicted molar refractivity (Wildman–Crippen MR) is 69.6 cm³/mol. The van der Waals surface area contributed by atoms with Crippen molar-refractivity contribution in [3.8, 4) is 5.75 Å². The van der Waals surface area contributed by atoms with Gasteiger partial charge in [-0.15, -0.1) is 0 Å². The second-order valence-corrected chi connectivity index (χ2v) is 5.35. The van der Waals surface area contributed by atoms with E-state index in [2.05, 4.69) is 12.3 Å². The number of hydrazine groups is 1. The summed E-state index contributed by atoms with van der Waals surface area (Å²) < 4.78 is 18.8. The van der Waals surface area contributed by atoms with Gasteiger partial charge >= 0.3 is 0 Å². The molecule has 1 saturated carbocycles. The molecule has 0 saturated heterocycles. The quantitative estimate of drug-likeness (QED) is 0.640. The summed E-state index contributed by atoms with van der Waals surface area (Å²) in [6.07, 6.45) is 4.60. The zero-order valence-electron chi connectivity index (χ0n) is 11.0. The van der Waals surface area contributed by atoms with Crippen LogP contribution < -0.4 is 16.0 Å². The van der Waals surface area contributed by atoms with E-state index >= 15 is 0 Å². The molecule has 18 heavy (non-hydrogen) atoms. The van der Waals surface area contributed by atoms with Crippen LogP contribution >= 0.6 is 0 Å². The van der Waals surface area contributed by atoms with Crippen molar-refractivity contribution < 1.29 is 9.13 Å². The van der Waals surface area contributed by atoms with E-state index < -0.39 is 0 Å². The first-order valence-electron chi connectivity index (χ1n) is 6.40. The summed E-state index contributed by atoms with van der Waals surface area (Å²) >= 11 is 0. The molecule has 0 aliphatic heterocycles. The number of halogens is 1. The van der Waals surface area contributed by atoms with Crippen LogP contribution in [-0.4, -0.2) is 7.11 Å². The fourth-order valence-corrected chi connectivity index (χ4v) is 3.07. The monoisotopic (exact) mass is 252 g/mol.